The summed E-state index contributed by atoms with van der Waals surface area (Å²) in [4.78, 5) is 0. The minimum absolute atomic E-state index is 0.132. The van der Waals surface area contributed by atoms with Crippen LogP contribution in [0.1, 0.15) is 27.7 Å². The first-order chi connectivity index (χ1) is 4.76. The van der Waals surface area contributed by atoms with Crippen LogP contribution in [0.3, 0.4) is 0 Å². The summed E-state index contributed by atoms with van der Waals surface area (Å²) in [5.74, 6) is 0.942. The molecule has 0 bridgehead atoms. The molecule has 0 saturated heterocycles. The monoisotopic (exact) mass is 216 g/mol. The van der Waals surface area contributed by atoms with Gasteiger partial charge in [-0.15, -0.1) is 0 Å². The van der Waals surface area contributed by atoms with Crippen LogP contribution in [0.15, 0.2) is 0 Å². The molecule has 0 saturated carbocycles. The summed E-state index contributed by atoms with van der Waals surface area (Å²) in [5, 5.41) is 0. The van der Waals surface area contributed by atoms with Gasteiger partial charge in [0.25, 0.3) is 0 Å². The average Bonchev–Trinajstić information content (AvgIpc) is 1.54. The standard InChI is InChI=1S/C8H15Cl3/c1-5(2)7(6(3)4)8(9,10)11/h5-7H,1-4H3. The Morgan fingerprint density at radius 3 is 1.09 bits per heavy atom. The third-order valence-corrected chi connectivity index (χ3v) is 2.57. The lowest BCUT2D eigenvalue weighted by atomic mass is 9.87. The Balaban J connectivity index is 4.35. The van der Waals surface area contributed by atoms with Gasteiger partial charge in [0.05, 0.1) is 0 Å². The van der Waals surface area contributed by atoms with Crippen LogP contribution in [-0.4, -0.2) is 3.79 Å². The van der Waals surface area contributed by atoms with Crippen molar-refractivity contribution in [2.45, 2.75) is 31.5 Å². The molecule has 0 heterocycles. The van der Waals surface area contributed by atoms with Gasteiger partial charge in [-0.2, -0.15) is 0 Å². The molecule has 0 rings (SSSR count). The van der Waals surface area contributed by atoms with Gasteiger partial charge in [-0.1, -0.05) is 62.5 Å². The van der Waals surface area contributed by atoms with Gasteiger partial charge >= 0.3 is 0 Å². The molecule has 0 aliphatic heterocycles. The topological polar surface area (TPSA) is 0 Å². The molecule has 0 aromatic carbocycles. The van der Waals surface area contributed by atoms with Crippen molar-refractivity contribution < 1.29 is 0 Å². The molecule has 0 aromatic heterocycles. The Morgan fingerprint density at radius 2 is 1.09 bits per heavy atom. The molecule has 0 nitrogen and oxygen atoms in total. The molecule has 0 unspecified atom stereocenters. The molecule has 0 fully saturated rings. The molecule has 11 heavy (non-hydrogen) atoms. The summed E-state index contributed by atoms with van der Waals surface area (Å²) < 4.78 is -1.12. The molecule has 0 amide bonds. The highest BCUT2D eigenvalue weighted by molar-refractivity contribution is 6.67. The minimum Gasteiger partial charge on any atom is -0.0834 e. The predicted octanol–water partition coefficient (Wildman–Crippen LogP) is 4.28. The van der Waals surface area contributed by atoms with Crippen molar-refractivity contribution in [2.75, 3.05) is 0 Å². The summed E-state index contributed by atoms with van der Waals surface area (Å²) in [7, 11) is 0. The van der Waals surface area contributed by atoms with Crippen LogP contribution in [0.4, 0.5) is 0 Å². The van der Waals surface area contributed by atoms with Gasteiger partial charge in [0.2, 0.25) is 0 Å². The van der Waals surface area contributed by atoms with Gasteiger partial charge in [0.1, 0.15) is 0 Å². The zero-order valence-corrected chi connectivity index (χ0v) is 9.63. The maximum atomic E-state index is 5.82. The van der Waals surface area contributed by atoms with Gasteiger partial charge in [-0.3, -0.25) is 0 Å². The second-order valence-electron chi connectivity index (χ2n) is 3.56. The van der Waals surface area contributed by atoms with E-state index in [0.29, 0.717) is 11.8 Å². The molecular weight excluding hydrogens is 202 g/mol. The second-order valence-corrected chi connectivity index (χ2v) is 5.92. The number of rotatable bonds is 2. The molecule has 0 spiro atoms. The largest absolute Gasteiger partial charge is 0.193 e. The number of alkyl halides is 3. The Hall–Kier alpha value is 0.870. The predicted molar refractivity (Wildman–Crippen MR) is 53.5 cm³/mol. The Bertz CT molecular complexity index is 105. The molecule has 0 atom stereocenters. The van der Waals surface area contributed by atoms with Crippen molar-refractivity contribution in [3.63, 3.8) is 0 Å². The highest BCUT2D eigenvalue weighted by atomic mass is 35.6. The zero-order valence-electron chi connectivity index (χ0n) is 7.37. The highest BCUT2D eigenvalue weighted by Crippen LogP contribution is 2.43. The Labute approximate surface area is 84.2 Å². The number of hydrogen-bond acceptors (Lipinski definition) is 0. The van der Waals surface area contributed by atoms with E-state index in [1.165, 1.54) is 0 Å². The lowest BCUT2D eigenvalue weighted by Gasteiger charge is -2.31. The van der Waals surface area contributed by atoms with E-state index in [0.717, 1.165) is 0 Å². The molecule has 0 aliphatic carbocycles. The number of halogens is 3. The van der Waals surface area contributed by atoms with Crippen molar-refractivity contribution in [2.24, 2.45) is 17.8 Å². The second kappa shape index (κ2) is 4.20. The maximum absolute atomic E-state index is 5.82. The normalized spacial score (nSPS) is 13.6. The van der Waals surface area contributed by atoms with Crippen LogP contribution in [0, 0.1) is 17.8 Å². The molecule has 0 radical (unpaired) electrons. The summed E-state index contributed by atoms with van der Waals surface area (Å²) in [5.41, 5.74) is 0. The van der Waals surface area contributed by atoms with Crippen LogP contribution < -0.4 is 0 Å². The quantitative estimate of drug-likeness (QED) is 0.606. The number of hydrogen-bond donors (Lipinski definition) is 0. The molecule has 3 heteroatoms. The Kier molecular flexibility index (Phi) is 4.54. The Morgan fingerprint density at radius 1 is 0.818 bits per heavy atom. The van der Waals surface area contributed by atoms with Gasteiger partial charge < -0.3 is 0 Å². The van der Waals surface area contributed by atoms with E-state index in [4.69, 9.17) is 34.8 Å². The van der Waals surface area contributed by atoms with E-state index < -0.39 is 3.79 Å². The van der Waals surface area contributed by atoms with E-state index >= 15 is 0 Å². The fourth-order valence-corrected chi connectivity index (χ4v) is 3.04. The maximum Gasteiger partial charge on any atom is 0.193 e. The summed E-state index contributed by atoms with van der Waals surface area (Å²) >= 11 is 17.5. The van der Waals surface area contributed by atoms with Crippen LogP contribution in [-0.2, 0) is 0 Å². The van der Waals surface area contributed by atoms with Gasteiger partial charge in [-0.05, 0) is 11.8 Å². The van der Waals surface area contributed by atoms with Crippen LogP contribution in [0.25, 0.3) is 0 Å². The third-order valence-electron chi connectivity index (χ3n) is 1.81. The smallest absolute Gasteiger partial charge is 0.0834 e. The first kappa shape index (κ1) is 11.9. The van der Waals surface area contributed by atoms with Crippen molar-refractivity contribution in [3.8, 4) is 0 Å². The molecule has 0 aliphatic rings. The highest BCUT2D eigenvalue weighted by Gasteiger charge is 2.36. The van der Waals surface area contributed by atoms with E-state index in [1.807, 2.05) is 0 Å². The minimum atomic E-state index is -1.12. The van der Waals surface area contributed by atoms with Crippen LogP contribution >= 0.6 is 34.8 Å². The lowest BCUT2D eigenvalue weighted by Crippen LogP contribution is -2.29. The van der Waals surface area contributed by atoms with Crippen molar-refractivity contribution in [1.82, 2.24) is 0 Å². The van der Waals surface area contributed by atoms with E-state index in [-0.39, 0.29) is 5.92 Å². The summed E-state index contributed by atoms with van der Waals surface area (Å²) in [6.45, 7) is 8.30. The summed E-state index contributed by atoms with van der Waals surface area (Å²) in [6, 6.07) is 0. The molecule has 0 N–H and O–H groups in total. The van der Waals surface area contributed by atoms with Gasteiger partial charge in [0, 0.05) is 5.92 Å². The van der Waals surface area contributed by atoms with Crippen molar-refractivity contribution >= 4 is 34.8 Å². The SMILES string of the molecule is CC(C)C(C(C)C)C(Cl)(Cl)Cl. The first-order valence-electron chi connectivity index (χ1n) is 3.83. The molecule has 0 aromatic rings. The molecular formula is C8H15Cl3. The van der Waals surface area contributed by atoms with Crippen LogP contribution in [0.5, 0.6) is 0 Å². The van der Waals surface area contributed by atoms with Crippen molar-refractivity contribution in [3.05, 3.63) is 0 Å². The van der Waals surface area contributed by atoms with E-state index in [2.05, 4.69) is 27.7 Å². The van der Waals surface area contributed by atoms with Crippen LogP contribution in [0.2, 0.25) is 0 Å². The fourth-order valence-electron chi connectivity index (χ4n) is 1.53. The first-order valence-corrected chi connectivity index (χ1v) is 4.97. The lowest BCUT2D eigenvalue weighted by molar-refractivity contribution is 0.292. The van der Waals surface area contributed by atoms with E-state index in [9.17, 15) is 0 Å². The average molecular weight is 218 g/mol. The fraction of sp³-hybridized carbons (Fsp3) is 1.00. The zero-order chi connectivity index (χ0) is 9.23. The van der Waals surface area contributed by atoms with E-state index in [1.54, 1.807) is 0 Å². The molecule has 68 valence electrons. The third kappa shape index (κ3) is 3.87. The van der Waals surface area contributed by atoms with Gasteiger partial charge in [0.15, 0.2) is 3.79 Å². The van der Waals surface area contributed by atoms with Gasteiger partial charge in [-0.25, -0.2) is 0 Å². The van der Waals surface area contributed by atoms with Crippen molar-refractivity contribution in [1.29, 1.82) is 0 Å². The summed E-state index contributed by atoms with van der Waals surface area (Å²) in [6.07, 6.45) is 0.